The topological polar surface area (TPSA) is 86.7 Å². The molecule has 1 fully saturated rings. The van der Waals surface area contributed by atoms with E-state index in [1.165, 1.54) is 44.4 Å². The lowest BCUT2D eigenvalue weighted by molar-refractivity contribution is -0.137. The Morgan fingerprint density at radius 2 is 1.77 bits per heavy atom. The Balaban J connectivity index is 1.84. The zero-order valence-corrected chi connectivity index (χ0v) is 19.3. The van der Waals surface area contributed by atoms with Crippen LogP contribution < -0.4 is 13.5 Å². The number of carbonyl (C=O) groups is 1. The molecule has 35 heavy (non-hydrogen) atoms. The van der Waals surface area contributed by atoms with E-state index in [4.69, 9.17) is 0 Å². The fourth-order valence-corrected chi connectivity index (χ4v) is 5.40. The molecule has 0 saturated carbocycles. The third-order valence-corrected chi connectivity index (χ3v) is 7.21. The van der Waals surface area contributed by atoms with Crippen LogP contribution in [0.15, 0.2) is 60.8 Å². The van der Waals surface area contributed by atoms with Gasteiger partial charge in [-0.3, -0.25) is 4.79 Å². The highest BCUT2D eigenvalue weighted by Crippen LogP contribution is 2.37. The first-order chi connectivity index (χ1) is 16.4. The van der Waals surface area contributed by atoms with E-state index in [-0.39, 0.29) is 17.2 Å². The van der Waals surface area contributed by atoms with Crippen molar-refractivity contribution in [1.82, 2.24) is 9.97 Å². The summed E-state index contributed by atoms with van der Waals surface area (Å²) in [5.74, 6) is -1.86. The van der Waals surface area contributed by atoms with Crippen molar-refractivity contribution in [3.63, 3.8) is 0 Å². The quantitative estimate of drug-likeness (QED) is 0.502. The number of aromatic nitrogens is 2. The number of hydrogen-bond donors (Lipinski definition) is 0. The van der Waals surface area contributed by atoms with Crippen LogP contribution in [0.4, 0.5) is 34.9 Å². The van der Waals surface area contributed by atoms with Gasteiger partial charge in [-0.05, 0) is 55.5 Å². The van der Waals surface area contributed by atoms with Gasteiger partial charge in [0.15, 0.2) is 0 Å². The molecule has 0 spiro atoms. The molecule has 0 unspecified atom stereocenters. The number of halogens is 4. The Kier molecular flexibility index (Phi) is 6.13. The highest BCUT2D eigenvalue weighted by molar-refractivity contribution is 7.94. The molecule has 184 valence electrons. The smallest absolute Gasteiger partial charge is 0.314 e. The van der Waals surface area contributed by atoms with Crippen LogP contribution >= 0.6 is 0 Å². The number of aryl methyl sites for hydroxylation is 1. The van der Waals surface area contributed by atoms with Crippen molar-refractivity contribution >= 4 is 33.4 Å². The lowest BCUT2D eigenvalue weighted by Crippen LogP contribution is -2.47. The molecule has 0 bridgehead atoms. The molecule has 8 nitrogen and oxygen atoms in total. The molecule has 4 rings (SSSR count). The van der Waals surface area contributed by atoms with Crippen molar-refractivity contribution in [2.24, 2.45) is 0 Å². The van der Waals surface area contributed by atoms with Gasteiger partial charge in [0.05, 0.1) is 12.1 Å². The van der Waals surface area contributed by atoms with Gasteiger partial charge < -0.3 is 4.90 Å². The summed E-state index contributed by atoms with van der Waals surface area (Å²) in [5.41, 5.74) is -0.929. The maximum Gasteiger partial charge on any atom is 0.416 e. The largest absolute Gasteiger partial charge is 0.416 e. The fourth-order valence-electron chi connectivity index (χ4n) is 3.70. The van der Waals surface area contributed by atoms with Gasteiger partial charge in [-0.15, -0.1) is 0 Å². The minimum Gasteiger partial charge on any atom is -0.314 e. The normalized spacial score (nSPS) is 17.5. The Morgan fingerprint density at radius 1 is 1.09 bits per heavy atom. The van der Waals surface area contributed by atoms with Crippen LogP contribution in [0, 0.1) is 12.7 Å². The van der Waals surface area contributed by atoms with Crippen molar-refractivity contribution < 1.29 is 30.8 Å². The Bertz CT molecular complexity index is 1350. The number of carbonyl (C=O) groups excluding carboxylic acids is 1. The predicted molar refractivity (Wildman–Crippen MR) is 121 cm³/mol. The van der Waals surface area contributed by atoms with Crippen LogP contribution in [-0.4, -0.2) is 43.9 Å². The molecule has 1 amide bonds. The summed E-state index contributed by atoms with van der Waals surface area (Å²) in [6, 6.07) is 9.29. The molecule has 2 aromatic heterocycles. The zero-order chi connectivity index (χ0) is 25.5. The number of anilines is 3. The molecule has 0 radical (unpaired) electrons. The van der Waals surface area contributed by atoms with Gasteiger partial charge in [0.2, 0.25) is 0 Å². The summed E-state index contributed by atoms with van der Waals surface area (Å²) in [6.45, 7) is 0.861. The van der Waals surface area contributed by atoms with Crippen LogP contribution in [0.25, 0.3) is 0 Å². The van der Waals surface area contributed by atoms with Gasteiger partial charge in [-0.25, -0.2) is 23.0 Å². The summed E-state index contributed by atoms with van der Waals surface area (Å²) >= 11 is 0. The third kappa shape index (κ3) is 4.63. The summed E-state index contributed by atoms with van der Waals surface area (Å²) in [5, 5.41) is 0. The van der Waals surface area contributed by atoms with E-state index in [1.54, 1.807) is 6.07 Å². The summed E-state index contributed by atoms with van der Waals surface area (Å²) in [6.07, 6.45) is -3.42. The molecule has 0 aliphatic carbocycles. The van der Waals surface area contributed by atoms with Crippen molar-refractivity contribution in [3.8, 4) is 0 Å². The summed E-state index contributed by atoms with van der Waals surface area (Å²) < 4.78 is 82.3. The van der Waals surface area contributed by atoms with Crippen LogP contribution in [0.5, 0.6) is 0 Å². The van der Waals surface area contributed by atoms with Gasteiger partial charge in [-0.1, -0.05) is 6.07 Å². The first-order valence-electron chi connectivity index (χ1n) is 10.2. The van der Waals surface area contributed by atoms with E-state index in [0.29, 0.717) is 10.4 Å². The molecule has 13 heteroatoms. The van der Waals surface area contributed by atoms with Gasteiger partial charge >= 0.3 is 16.4 Å². The van der Waals surface area contributed by atoms with E-state index in [9.17, 15) is 30.8 Å². The molecule has 1 saturated heterocycles. The molecule has 1 aliphatic heterocycles. The molecule has 1 atom stereocenters. The van der Waals surface area contributed by atoms with Gasteiger partial charge in [0.25, 0.3) is 5.91 Å². The molecule has 3 heterocycles. The van der Waals surface area contributed by atoms with Crippen LogP contribution in [-0.2, 0) is 21.2 Å². The lowest BCUT2D eigenvalue weighted by Gasteiger charge is -2.27. The molecule has 0 N–H and O–H groups in total. The SMILES string of the molecule is Cc1cc(C(F)(F)F)cc(N2[C@H](C(=O)N(C)c3ccc(F)cc3)CN(c3ccccn3)S2(=O)=O)n1. The molecule has 1 aromatic carbocycles. The van der Waals surface area contributed by atoms with Crippen molar-refractivity contribution in [2.75, 3.05) is 27.1 Å². The van der Waals surface area contributed by atoms with E-state index in [2.05, 4.69) is 9.97 Å². The van der Waals surface area contributed by atoms with E-state index in [1.807, 2.05) is 0 Å². The van der Waals surface area contributed by atoms with Crippen molar-refractivity contribution in [3.05, 3.63) is 77.9 Å². The maximum atomic E-state index is 13.6. The summed E-state index contributed by atoms with van der Waals surface area (Å²) in [7, 11) is -3.21. The number of amides is 1. The molecule has 1 aliphatic rings. The number of rotatable bonds is 4. The lowest BCUT2D eigenvalue weighted by atomic mass is 10.2. The number of likely N-dealkylation sites (N-methyl/N-ethyl adjacent to an activating group) is 1. The van der Waals surface area contributed by atoms with Gasteiger partial charge in [0.1, 0.15) is 23.5 Å². The Hall–Kier alpha value is -3.74. The second-order valence-corrected chi connectivity index (χ2v) is 9.50. The van der Waals surface area contributed by atoms with E-state index >= 15 is 0 Å². The maximum absolute atomic E-state index is 13.6. The van der Waals surface area contributed by atoms with Gasteiger partial charge in [0, 0.05) is 24.6 Å². The predicted octanol–water partition coefficient (Wildman–Crippen LogP) is 3.55. The van der Waals surface area contributed by atoms with Crippen LogP contribution in [0.1, 0.15) is 11.3 Å². The second kappa shape index (κ2) is 8.80. The number of nitrogens with zero attached hydrogens (tertiary/aromatic N) is 5. The molecular weight excluding hydrogens is 490 g/mol. The van der Waals surface area contributed by atoms with Gasteiger partial charge in [-0.2, -0.15) is 21.6 Å². The van der Waals surface area contributed by atoms with Crippen LogP contribution in [0.3, 0.4) is 0 Å². The van der Waals surface area contributed by atoms with Crippen molar-refractivity contribution in [1.29, 1.82) is 0 Å². The Labute approximate surface area is 198 Å². The van der Waals surface area contributed by atoms with Crippen molar-refractivity contribution in [2.45, 2.75) is 19.1 Å². The zero-order valence-electron chi connectivity index (χ0n) is 18.4. The summed E-state index contributed by atoms with van der Waals surface area (Å²) in [4.78, 5) is 22.6. The standard InChI is InChI=1S/C22H19F4N5O3S/c1-14-11-15(22(24,25)26)12-20(28-14)31-18(21(32)29(2)17-8-6-16(23)7-9-17)13-30(35(31,33)34)19-5-3-4-10-27-19/h3-12,18H,13H2,1-2H3/t18-/m0/s1. The molecular formula is C22H19F4N5O3S. The highest BCUT2D eigenvalue weighted by Gasteiger charge is 2.50. The van der Waals surface area contributed by atoms with E-state index < -0.39 is 52.1 Å². The van der Waals surface area contributed by atoms with E-state index in [0.717, 1.165) is 27.4 Å². The third-order valence-electron chi connectivity index (χ3n) is 5.38. The monoisotopic (exact) mass is 509 g/mol. The number of benzene rings is 1. The average molecular weight is 509 g/mol. The minimum absolute atomic E-state index is 0.0130. The number of hydrogen-bond acceptors (Lipinski definition) is 5. The Morgan fingerprint density at radius 3 is 2.37 bits per heavy atom. The minimum atomic E-state index is -4.77. The second-order valence-electron chi connectivity index (χ2n) is 7.77. The first kappa shape index (κ1) is 24.4. The van der Waals surface area contributed by atoms with Crippen LogP contribution in [0.2, 0.25) is 0 Å². The fraction of sp³-hybridized carbons (Fsp3) is 0.227. The number of pyridine rings is 2. The average Bonchev–Trinajstić information content (AvgIpc) is 3.09. The number of alkyl halides is 3. The highest BCUT2D eigenvalue weighted by atomic mass is 32.2. The molecule has 3 aromatic rings. The first-order valence-corrected chi connectivity index (χ1v) is 11.6.